The molecule has 1 aromatic carbocycles. The molecular weight excluding hydrogens is 407 g/mol. The first kappa shape index (κ1) is 13.9. The van der Waals surface area contributed by atoms with E-state index in [-0.39, 0.29) is 4.83 Å². The van der Waals surface area contributed by atoms with Gasteiger partial charge in [0.05, 0.1) is 13.5 Å². The molecule has 5 heteroatoms. The molecule has 0 nitrogen and oxygen atoms in total. The van der Waals surface area contributed by atoms with E-state index in [0.29, 0.717) is 4.34 Å². The first-order chi connectivity index (χ1) is 7.99. The third kappa shape index (κ3) is 3.07. The topological polar surface area (TPSA) is 0 Å². The maximum atomic E-state index is 6.15. The molecule has 0 radical (unpaired) electrons. The zero-order chi connectivity index (χ0) is 12.6. The van der Waals surface area contributed by atoms with Gasteiger partial charge in [0.25, 0.3) is 0 Å². The van der Waals surface area contributed by atoms with Gasteiger partial charge in [-0.25, -0.2) is 0 Å². The second-order valence-electron chi connectivity index (χ2n) is 3.65. The van der Waals surface area contributed by atoms with Crippen LogP contribution in [0, 0.1) is 6.92 Å². The predicted octanol–water partition coefficient (Wildman–Crippen LogP) is 6.61. The number of hydrogen-bond acceptors (Lipinski definition) is 1. The Kier molecular flexibility index (Phi) is 4.59. The van der Waals surface area contributed by atoms with Crippen molar-refractivity contribution < 1.29 is 0 Å². The Morgan fingerprint density at radius 1 is 1.24 bits per heavy atom. The lowest BCUT2D eigenvalue weighted by Crippen LogP contribution is -1.92. The van der Waals surface area contributed by atoms with Gasteiger partial charge < -0.3 is 0 Å². The van der Waals surface area contributed by atoms with Crippen LogP contribution in [0.2, 0.25) is 8.67 Å². The highest BCUT2D eigenvalue weighted by Crippen LogP contribution is 2.42. The average molecular weight is 415 g/mol. The van der Waals surface area contributed by atoms with Crippen LogP contribution in [0.3, 0.4) is 0 Å². The number of benzene rings is 1. The smallest absolute Gasteiger partial charge is 0.0990 e. The highest BCUT2D eigenvalue weighted by molar-refractivity contribution is 9.10. The average Bonchev–Trinajstić information content (AvgIpc) is 2.61. The van der Waals surface area contributed by atoms with Crippen molar-refractivity contribution in [2.45, 2.75) is 11.8 Å². The van der Waals surface area contributed by atoms with E-state index >= 15 is 0 Å². The van der Waals surface area contributed by atoms with Crippen LogP contribution in [-0.4, -0.2) is 0 Å². The molecule has 17 heavy (non-hydrogen) atoms. The van der Waals surface area contributed by atoms with Gasteiger partial charge in [0.1, 0.15) is 0 Å². The van der Waals surface area contributed by atoms with Gasteiger partial charge in [-0.3, -0.25) is 0 Å². The standard InChI is InChI=1S/C12H8Br2Cl2S/c1-6-2-3-7(4-9(6)13)11(14)8-5-10(15)17-12(8)16/h2-5,11H,1H3. The Morgan fingerprint density at radius 2 is 1.94 bits per heavy atom. The minimum Gasteiger partial charge on any atom is -0.111 e. The fourth-order valence-corrected chi connectivity index (χ4v) is 4.33. The third-order valence-corrected chi connectivity index (χ3v) is 5.84. The van der Waals surface area contributed by atoms with Crippen molar-refractivity contribution in [3.8, 4) is 0 Å². The Bertz CT molecular complexity index is 551. The van der Waals surface area contributed by atoms with Crippen molar-refractivity contribution >= 4 is 66.4 Å². The van der Waals surface area contributed by atoms with Crippen LogP contribution in [-0.2, 0) is 0 Å². The second-order valence-corrected chi connectivity index (χ2v) is 7.71. The summed E-state index contributed by atoms with van der Waals surface area (Å²) in [5, 5.41) is 0. The quantitative estimate of drug-likeness (QED) is 0.485. The lowest BCUT2D eigenvalue weighted by molar-refractivity contribution is 1.18. The van der Waals surface area contributed by atoms with Crippen molar-refractivity contribution in [3.63, 3.8) is 0 Å². The van der Waals surface area contributed by atoms with Crippen LogP contribution in [0.15, 0.2) is 28.7 Å². The minimum atomic E-state index is 0.0654. The molecule has 0 saturated carbocycles. The van der Waals surface area contributed by atoms with Crippen molar-refractivity contribution in [2.24, 2.45) is 0 Å². The van der Waals surface area contributed by atoms with E-state index in [1.54, 1.807) is 0 Å². The molecule has 0 N–H and O–H groups in total. The summed E-state index contributed by atoms with van der Waals surface area (Å²) >= 11 is 20.7. The summed E-state index contributed by atoms with van der Waals surface area (Å²) < 4.78 is 2.53. The number of hydrogen-bond donors (Lipinski definition) is 0. The van der Waals surface area contributed by atoms with Gasteiger partial charge in [0.15, 0.2) is 0 Å². The summed E-state index contributed by atoms with van der Waals surface area (Å²) in [6.07, 6.45) is 0. The van der Waals surface area contributed by atoms with E-state index in [2.05, 4.69) is 57.0 Å². The van der Waals surface area contributed by atoms with E-state index < -0.39 is 0 Å². The summed E-state index contributed by atoms with van der Waals surface area (Å²) in [5.74, 6) is 0. The van der Waals surface area contributed by atoms with Gasteiger partial charge in [0.2, 0.25) is 0 Å². The Morgan fingerprint density at radius 3 is 2.47 bits per heavy atom. The molecule has 1 heterocycles. The highest BCUT2D eigenvalue weighted by atomic mass is 79.9. The Hall–Kier alpha value is 0.460. The third-order valence-electron chi connectivity index (χ3n) is 2.44. The molecule has 2 rings (SSSR count). The lowest BCUT2D eigenvalue weighted by atomic mass is 10.1. The van der Waals surface area contributed by atoms with E-state index in [1.807, 2.05) is 6.07 Å². The zero-order valence-corrected chi connectivity index (χ0v) is 14.3. The monoisotopic (exact) mass is 412 g/mol. The lowest BCUT2D eigenvalue weighted by Gasteiger charge is -2.10. The summed E-state index contributed by atoms with van der Waals surface area (Å²) in [4.78, 5) is 0.0654. The van der Waals surface area contributed by atoms with Crippen molar-refractivity contribution in [2.75, 3.05) is 0 Å². The second kappa shape index (κ2) is 5.62. The van der Waals surface area contributed by atoms with Crippen LogP contribution in [0.25, 0.3) is 0 Å². The van der Waals surface area contributed by atoms with Crippen molar-refractivity contribution in [1.82, 2.24) is 0 Å². The molecule has 0 aliphatic heterocycles. The zero-order valence-electron chi connectivity index (χ0n) is 8.81. The van der Waals surface area contributed by atoms with Gasteiger partial charge in [-0.15, -0.1) is 11.3 Å². The van der Waals surface area contributed by atoms with Crippen molar-refractivity contribution in [3.05, 3.63) is 54.1 Å². The first-order valence-electron chi connectivity index (χ1n) is 4.84. The fourth-order valence-electron chi connectivity index (χ4n) is 1.47. The molecule has 0 saturated heterocycles. The number of thiophene rings is 1. The molecular formula is C12H8Br2Cl2S. The molecule has 1 atom stereocenters. The van der Waals surface area contributed by atoms with E-state index in [1.165, 1.54) is 16.9 Å². The van der Waals surface area contributed by atoms with Gasteiger partial charge in [-0.2, -0.15) is 0 Å². The highest BCUT2D eigenvalue weighted by Gasteiger charge is 2.17. The molecule has 0 bridgehead atoms. The maximum Gasteiger partial charge on any atom is 0.0990 e. The summed E-state index contributed by atoms with van der Waals surface area (Å²) in [6.45, 7) is 2.06. The summed E-state index contributed by atoms with van der Waals surface area (Å²) in [5.41, 5.74) is 3.37. The molecule has 0 aliphatic rings. The van der Waals surface area contributed by atoms with E-state index in [4.69, 9.17) is 23.2 Å². The molecule has 0 spiro atoms. The molecule has 0 aliphatic carbocycles. The predicted molar refractivity (Wildman–Crippen MR) is 84.0 cm³/mol. The van der Waals surface area contributed by atoms with Crippen LogP contribution >= 0.6 is 66.4 Å². The van der Waals surface area contributed by atoms with Gasteiger partial charge in [-0.1, -0.05) is 67.2 Å². The number of halogens is 4. The SMILES string of the molecule is Cc1ccc(C(Br)c2cc(Cl)sc2Cl)cc1Br. The van der Waals surface area contributed by atoms with Gasteiger partial charge in [-0.05, 0) is 30.2 Å². The molecule has 1 unspecified atom stereocenters. The maximum absolute atomic E-state index is 6.15. The summed E-state index contributed by atoms with van der Waals surface area (Å²) in [6, 6.07) is 8.16. The Labute approximate surface area is 131 Å². The molecule has 90 valence electrons. The van der Waals surface area contributed by atoms with E-state index in [9.17, 15) is 0 Å². The van der Waals surface area contributed by atoms with E-state index in [0.717, 1.165) is 19.9 Å². The number of aryl methyl sites for hydroxylation is 1. The van der Waals surface area contributed by atoms with Crippen LogP contribution in [0.5, 0.6) is 0 Å². The van der Waals surface area contributed by atoms with Gasteiger partial charge >= 0.3 is 0 Å². The minimum absolute atomic E-state index is 0.0654. The molecule has 0 amide bonds. The van der Waals surface area contributed by atoms with Crippen molar-refractivity contribution in [1.29, 1.82) is 0 Å². The summed E-state index contributed by atoms with van der Waals surface area (Å²) in [7, 11) is 0. The molecule has 1 aromatic heterocycles. The van der Waals surface area contributed by atoms with Gasteiger partial charge in [0, 0.05) is 10.0 Å². The van der Waals surface area contributed by atoms with Crippen LogP contribution in [0.1, 0.15) is 21.5 Å². The Balaban J connectivity index is 2.40. The fraction of sp³-hybridized carbons (Fsp3) is 0.167. The molecule has 2 aromatic rings. The number of rotatable bonds is 2. The normalized spacial score (nSPS) is 12.8. The number of alkyl halides is 1. The van der Waals surface area contributed by atoms with Crippen LogP contribution in [0.4, 0.5) is 0 Å². The molecule has 0 fully saturated rings. The van der Waals surface area contributed by atoms with Crippen LogP contribution < -0.4 is 0 Å². The first-order valence-corrected chi connectivity index (χ1v) is 8.12. The largest absolute Gasteiger partial charge is 0.111 e.